The Morgan fingerprint density at radius 1 is 0.912 bits per heavy atom. The van der Waals surface area contributed by atoms with Gasteiger partial charge in [-0.25, -0.2) is 4.39 Å². The Hall–Kier alpha value is -3.22. The molecular formula is C27H32FN3O3. The molecule has 0 spiro atoms. The van der Waals surface area contributed by atoms with Crippen molar-refractivity contribution >= 4 is 17.7 Å². The van der Waals surface area contributed by atoms with Crippen LogP contribution in [0.5, 0.6) is 0 Å². The third kappa shape index (κ3) is 5.13. The standard InChI is InChI=1S/C27H32FN3O3/c1-20(32)31-17-16-30(19-24(31)22-6-4-3-5-7-22)26(34)27(2)12-14-29(15-13-27)25(33)18-21-8-10-23(28)11-9-21/h3-11,24H,12-19H2,1-2H3. The molecule has 2 aromatic rings. The number of piperidine rings is 1. The third-order valence-electron chi connectivity index (χ3n) is 7.26. The maximum atomic E-state index is 13.6. The van der Waals surface area contributed by atoms with Crippen molar-refractivity contribution in [3.8, 4) is 0 Å². The smallest absolute Gasteiger partial charge is 0.228 e. The molecule has 180 valence electrons. The molecule has 0 saturated carbocycles. The maximum Gasteiger partial charge on any atom is 0.228 e. The van der Waals surface area contributed by atoms with Gasteiger partial charge in [0.15, 0.2) is 0 Å². The van der Waals surface area contributed by atoms with E-state index in [4.69, 9.17) is 0 Å². The fraction of sp³-hybridized carbons (Fsp3) is 0.444. The molecule has 1 atom stereocenters. The van der Waals surface area contributed by atoms with Crippen molar-refractivity contribution in [2.75, 3.05) is 32.7 Å². The maximum absolute atomic E-state index is 13.6. The molecule has 3 amide bonds. The number of likely N-dealkylation sites (tertiary alicyclic amines) is 1. The molecule has 4 rings (SSSR count). The van der Waals surface area contributed by atoms with Gasteiger partial charge >= 0.3 is 0 Å². The highest BCUT2D eigenvalue weighted by atomic mass is 19.1. The first-order valence-electron chi connectivity index (χ1n) is 11.9. The SMILES string of the molecule is CC(=O)N1CCN(C(=O)C2(C)CCN(C(=O)Cc3ccc(F)cc3)CC2)CC1c1ccccc1. The first kappa shape index (κ1) is 23.9. The molecule has 0 N–H and O–H groups in total. The van der Waals surface area contributed by atoms with Gasteiger partial charge in [0.05, 0.1) is 12.5 Å². The van der Waals surface area contributed by atoms with E-state index in [-0.39, 0.29) is 36.0 Å². The number of amides is 3. The van der Waals surface area contributed by atoms with Crippen LogP contribution in [-0.4, -0.2) is 65.1 Å². The minimum absolute atomic E-state index is 0.000297. The molecule has 2 fully saturated rings. The molecule has 34 heavy (non-hydrogen) atoms. The summed E-state index contributed by atoms with van der Waals surface area (Å²) < 4.78 is 13.1. The number of hydrogen-bond donors (Lipinski definition) is 0. The van der Waals surface area contributed by atoms with Crippen LogP contribution in [0.2, 0.25) is 0 Å². The van der Waals surface area contributed by atoms with Crippen LogP contribution in [-0.2, 0) is 20.8 Å². The Morgan fingerprint density at radius 2 is 1.56 bits per heavy atom. The largest absolute Gasteiger partial charge is 0.342 e. The first-order valence-corrected chi connectivity index (χ1v) is 11.9. The Morgan fingerprint density at radius 3 is 2.18 bits per heavy atom. The van der Waals surface area contributed by atoms with E-state index >= 15 is 0 Å². The second-order valence-electron chi connectivity index (χ2n) is 9.63. The van der Waals surface area contributed by atoms with Gasteiger partial charge < -0.3 is 14.7 Å². The molecule has 6 nitrogen and oxygen atoms in total. The van der Waals surface area contributed by atoms with Gasteiger partial charge in [-0.1, -0.05) is 49.4 Å². The van der Waals surface area contributed by atoms with Crippen molar-refractivity contribution in [3.05, 3.63) is 71.5 Å². The van der Waals surface area contributed by atoms with Gasteiger partial charge in [-0.15, -0.1) is 0 Å². The van der Waals surface area contributed by atoms with Gasteiger partial charge in [0.2, 0.25) is 17.7 Å². The molecule has 7 heteroatoms. The molecule has 1 unspecified atom stereocenters. The lowest BCUT2D eigenvalue weighted by atomic mass is 9.78. The van der Waals surface area contributed by atoms with Crippen molar-refractivity contribution in [1.82, 2.24) is 14.7 Å². The van der Waals surface area contributed by atoms with Crippen molar-refractivity contribution in [2.24, 2.45) is 5.41 Å². The van der Waals surface area contributed by atoms with Gasteiger partial charge in [-0.2, -0.15) is 0 Å². The van der Waals surface area contributed by atoms with Crippen LogP contribution in [0.25, 0.3) is 0 Å². The number of carbonyl (C=O) groups is 3. The number of hydrogen-bond acceptors (Lipinski definition) is 3. The highest BCUT2D eigenvalue weighted by molar-refractivity contribution is 5.84. The topological polar surface area (TPSA) is 60.9 Å². The molecule has 2 aliphatic rings. The van der Waals surface area contributed by atoms with E-state index in [0.717, 1.165) is 11.1 Å². The molecule has 0 aromatic heterocycles. The second kappa shape index (κ2) is 9.95. The van der Waals surface area contributed by atoms with Crippen LogP contribution < -0.4 is 0 Å². The van der Waals surface area contributed by atoms with E-state index < -0.39 is 5.41 Å². The predicted octanol–water partition coefficient (Wildman–Crippen LogP) is 3.43. The fourth-order valence-corrected chi connectivity index (χ4v) is 5.04. The van der Waals surface area contributed by atoms with Gasteiger partial charge in [0.25, 0.3) is 0 Å². The molecule has 2 aromatic carbocycles. The van der Waals surface area contributed by atoms with Crippen LogP contribution in [0.4, 0.5) is 4.39 Å². The Labute approximate surface area is 200 Å². The first-order chi connectivity index (χ1) is 16.3. The lowest BCUT2D eigenvalue weighted by Crippen LogP contribution is -2.56. The van der Waals surface area contributed by atoms with E-state index in [9.17, 15) is 18.8 Å². The van der Waals surface area contributed by atoms with Crippen molar-refractivity contribution in [3.63, 3.8) is 0 Å². The zero-order chi connectivity index (χ0) is 24.3. The zero-order valence-electron chi connectivity index (χ0n) is 19.9. The van der Waals surface area contributed by atoms with Crippen molar-refractivity contribution in [2.45, 2.75) is 39.2 Å². The van der Waals surface area contributed by atoms with Gasteiger partial charge in [-0.3, -0.25) is 14.4 Å². The molecular weight excluding hydrogens is 433 g/mol. The number of rotatable bonds is 4. The summed E-state index contributed by atoms with van der Waals surface area (Å²) in [6.45, 7) is 6.13. The van der Waals surface area contributed by atoms with Crippen LogP contribution in [0.1, 0.15) is 43.9 Å². The summed E-state index contributed by atoms with van der Waals surface area (Å²) in [7, 11) is 0. The Bertz CT molecular complexity index is 1030. The normalized spacial score (nSPS) is 20.2. The number of nitrogens with zero attached hydrogens (tertiary/aromatic N) is 3. The Balaban J connectivity index is 1.38. The van der Waals surface area contributed by atoms with Crippen LogP contribution in [0.3, 0.4) is 0 Å². The number of piperazine rings is 1. The quantitative estimate of drug-likeness (QED) is 0.695. The summed E-state index contributed by atoms with van der Waals surface area (Å²) >= 11 is 0. The summed E-state index contributed by atoms with van der Waals surface area (Å²) in [6.07, 6.45) is 1.44. The predicted molar refractivity (Wildman–Crippen MR) is 127 cm³/mol. The zero-order valence-corrected chi connectivity index (χ0v) is 19.9. The number of benzene rings is 2. The van der Waals surface area contributed by atoms with E-state index in [1.165, 1.54) is 12.1 Å². The number of halogens is 1. The van der Waals surface area contributed by atoms with E-state index in [0.29, 0.717) is 45.6 Å². The van der Waals surface area contributed by atoms with Crippen LogP contribution in [0.15, 0.2) is 54.6 Å². The lowest BCUT2D eigenvalue weighted by molar-refractivity contribution is -0.152. The monoisotopic (exact) mass is 465 g/mol. The second-order valence-corrected chi connectivity index (χ2v) is 9.63. The highest BCUT2D eigenvalue weighted by Crippen LogP contribution is 2.35. The average molecular weight is 466 g/mol. The summed E-state index contributed by atoms with van der Waals surface area (Å²) in [5.74, 6) is -0.204. The van der Waals surface area contributed by atoms with Gasteiger partial charge in [0.1, 0.15) is 5.82 Å². The van der Waals surface area contributed by atoms with Crippen molar-refractivity contribution < 1.29 is 18.8 Å². The van der Waals surface area contributed by atoms with Crippen molar-refractivity contribution in [1.29, 1.82) is 0 Å². The summed E-state index contributed by atoms with van der Waals surface area (Å²) in [4.78, 5) is 44.1. The summed E-state index contributed by atoms with van der Waals surface area (Å²) in [5.41, 5.74) is 1.28. The minimum atomic E-state index is -0.535. The van der Waals surface area contributed by atoms with Crippen LogP contribution in [0, 0.1) is 11.2 Å². The fourth-order valence-electron chi connectivity index (χ4n) is 5.04. The molecule has 0 radical (unpaired) electrons. The van der Waals surface area contributed by atoms with Crippen LogP contribution >= 0.6 is 0 Å². The molecule has 0 aliphatic carbocycles. The third-order valence-corrected chi connectivity index (χ3v) is 7.26. The van der Waals surface area contributed by atoms with E-state index in [1.54, 1.807) is 24.0 Å². The average Bonchev–Trinajstić information content (AvgIpc) is 2.85. The summed E-state index contributed by atoms with van der Waals surface area (Å²) in [6, 6.07) is 15.7. The molecule has 2 heterocycles. The van der Waals surface area contributed by atoms with Gasteiger partial charge in [-0.05, 0) is 36.1 Å². The summed E-state index contributed by atoms with van der Waals surface area (Å²) in [5, 5.41) is 0. The lowest BCUT2D eigenvalue weighted by Gasteiger charge is -2.46. The Kier molecular flexibility index (Phi) is 7.00. The van der Waals surface area contributed by atoms with Gasteiger partial charge in [0, 0.05) is 45.1 Å². The van der Waals surface area contributed by atoms with E-state index in [2.05, 4.69) is 0 Å². The highest BCUT2D eigenvalue weighted by Gasteiger charge is 2.43. The molecule has 2 saturated heterocycles. The molecule has 2 aliphatic heterocycles. The number of carbonyl (C=O) groups excluding carboxylic acids is 3. The minimum Gasteiger partial charge on any atom is -0.342 e. The molecule has 0 bridgehead atoms. The van der Waals surface area contributed by atoms with E-state index in [1.807, 2.05) is 47.1 Å².